The Kier molecular flexibility index (Phi) is 7.70. The lowest BCUT2D eigenvalue weighted by molar-refractivity contribution is -0.385. The number of carbonyl (C=O) groups is 1. The summed E-state index contributed by atoms with van der Waals surface area (Å²) in [5.41, 5.74) is 1.62. The van der Waals surface area contributed by atoms with Crippen LogP contribution in [0.15, 0.2) is 54.1 Å². The summed E-state index contributed by atoms with van der Waals surface area (Å²) in [4.78, 5) is 30.4. The third-order valence-electron chi connectivity index (χ3n) is 3.59. The fourth-order valence-electron chi connectivity index (χ4n) is 1.99. The van der Waals surface area contributed by atoms with Crippen molar-refractivity contribution in [3.05, 3.63) is 85.5 Å². The predicted octanol–water partition coefficient (Wildman–Crippen LogP) is 4.21. The summed E-state index contributed by atoms with van der Waals surface area (Å²) in [6, 6.07) is 14.8. The van der Waals surface area contributed by atoms with Crippen molar-refractivity contribution in [3.63, 3.8) is 0 Å². The fraction of sp³-hybridized carbons (Fsp3) is 0.105. The van der Waals surface area contributed by atoms with E-state index < -0.39 is 9.85 Å². The second-order valence-electron chi connectivity index (χ2n) is 5.39. The lowest BCUT2D eigenvalue weighted by Crippen LogP contribution is -1.92. The molecule has 0 saturated heterocycles. The number of hydrogen-bond donors (Lipinski definition) is 0. The van der Waals surface area contributed by atoms with E-state index in [-0.39, 0.29) is 22.7 Å². The molecule has 0 atom stereocenters. The minimum Gasteiger partial charge on any atom is -0.295 e. The molecule has 0 aromatic heterocycles. The van der Waals surface area contributed by atoms with Gasteiger partial charge in [0.05, 0.1) is 9.85 Å². The van der Waals surface area contributed by atoms with Gasteiger partial charge in [-0.1, -0.05) is 0 Å². The number of Topliss-reactive ketones (excluding diaryl/α,β-unsaturated/α-hetero) is 1. The number of nitro groups is 2. The average molecular weight is 378 g/mol. The molecule has 0 radical (unpaired) electrons. The van der Waals surface area contributed by atoms with Gasteiger partial charge in [-0.2, -0.15) is 10.5 Å². The summed E-state index contributed by atoms with van der Waals surface area (Å²) in [6.07, 6.45) is 0. The number of ketones is 1. The molecule has 0 N–H and O–H groups in total. The van der Waals surface area contributed by atoms with Gasteiger partial charge in [-0.25, -0.2) is 0 Å². The fourth-order valence-corrected chi connectivity index (χ4v) is 1.99. The zero-order valence-corrected chi connectivity index (χ0v) is 14.9. The number of carbonyl (C=O) groups excluding carboxylic acids is 1. The van der Waals surface area contributed by atoms with Crippen LogP contribution in [0.3, 0.4) is 0 Å². The van der Waals surface area contributed by atoms with Gasteiger partial charge in [-0.15, -0.1) is 0 Å². The van der Waals surface area contributed by atoms with Crippen molar-refractivity contribution in [2.24, 2.45) is 0 Å². The normalized spacial score (nSPS) is 9.00. The Morgan fingerprint density at radius 1 is 0.786 bits per heavy atom. The van der Waals surface area contributed by atoms with Crippen molar-refractivity contribution in [3.8, 4) is 12.1 Å². The van der Waals surface area contributed by atoms with Gasteiger partial charge >= 0.3 is 0 Å². The Hall–Kier alpha value is -4.37. The van der Waals surface area contributed by atoms with Crippen molar-refractivity contribution >= 4 is 22.7 Å². The molecule has 9 nitrogen and oxygen atoms in total. The standard InChI is InChI=1S/C11H7N3O2.C8H7NO3/c1-8(10(6-12)7-13)9-2-4-11(5-3-9)14(15)16;1-6(10)7-2-4-8(5-3-7)9(11)12/h2-5H,1H3;2-5H,1H3. The molecular formula is C19H14N4O5. The molecule has 0 aliphatic rings. The highest BCUT2D eigenvalue weighted by Crippen LogP contribution is 2.20. The maximum Gasteiger partial charge on any atom is 0.269 e. The largest absolute Gasteiger partial charge is 0.295 e. The quantitative estimate of drug-likeness (QED) is 0.334. The molecule has 2 aromatic carbocycles. The zero-order chi connectivity index (χ0) is 21.3. The summed E-state index contributed by atoms with van der Waals surface area (Å²) in [7, 11) is 0. The van der Waals surface area contributed by atoms with E-state index in [9.17, 15) is 25.0 Å². The van der Waals surface area contributed by atoms with Gasteiger partial charge in [0.2, 0.25) is 0 Å². The minimum absolute atomic E-state index is 0.000000000000000222. The number of nitro benzene ring substituents is 2. The highest BCUT2D eigenvalue weighted by Gasteiger charge is 2.07. The number of rotatable bonds is 4. The lowest BCUT2D eigenvalue weighted by atomic mass is 10.0. The molecule has 140 valence electrons. The van der Waals surface area contributed by atoms with Gasteiger partial charge in [-0.3, -0.25) is 25.0 Å². The first-order valence-electron chi connectivity index (χ1n) is 7.72. The third-order valence-corrected chi connectivity index (χ3v) is 3.59. The third kappa shape index (κ3) is 5.86. The van der Waals surface area contributed by atoms with Crippen LogP contribution in [0.5, 0.6) is 0 Å². The van der Waals surface area contributed by atoms with Crippen LogP contribution in [0.2, 0.25) is 0 Å². The Morgan fingerprint density at radius 2 is 1.14 bits per heavy atom. The van der Waals surface area contributed by atoms with Crippen molar-refractivity contribution in [1.29, 1.82) is 10.5 Å². The highest BCUT2D eigenvalue weighted by molar-refractivity contribution is 5.94. The number of hydrogen-bond acceptors (Lipinski definition) is 7. The summed E-state index contributed by atoms with van der Waals surface area (Å²) < 4.78 is 0. The first-order chi connectivity index (χ1) is 13.2. The predicted molar refractivity (Wildman–Crippen MR) is 100 cm³/mol. The second-order valence-corrected chi connectivity index (χ2v) is 5.39. The molecule has 0 bridgehead atoms. The number of non-ortho nitro benzene ring substituents is 2. The Labute approximate surface area is 160 Å². The van der Waals surface area contributed by atoms with Crippen LogP contribution in [0.25, 0.3) is 5.57 Å². The lowest BCUT2D eigenvalue weighted by Gasteiger charge is -2.00. The molecule has 0 aliphatic heterocycles. The second kappa shape index (κ2) is 9.94. The van der Waals surface area contributed by atoms with Gasteiger partial charge in [0.25, 0.3) is 11.4 Å². The van der Waals surface area contributed by atoms with E-state index in [1.165, 1.54) is 55.5 Å². The Balaban J connectivity index is 0.000000292. The SMILES string of the molecule is CC(=C(C#N)C#N)c1ccc([N+](=O)[O-])cc1.CC(=O)c1ccc([N+](=O)[O-])cc1. The average Bonchev–Trinajstić information content (AvgIpc) is 2.69. The maximum atomic E-state index is 10.8. The van der Waals surface area contributed by atoms with Gasteiger partial charge in [-0.05, 0) is 49.2 Å². The van der Waals surface area contributed by atoms with Gasteiger partial charge in [0, 0.05) is 29.8 Å². The van der Waals surface area contributed by atoms with Crippen molar-refractivity contribution < 1.29 is 14.6 Å². The number of nitriles is 2. The van der Waals surface area contributed by atoms with E-state index in [0.29, 0.717) is 16.7 Å². The molecule has 9 heteroatoms. The van der Waals surface area contributed by atoms with Crippen LogP contribution in [0.1, 0.15) is 29.8 Å². The van der Waals surface area contributed by atoms with Crippen molar-refractivity contribution in [1.82, 2.24) is 0 Å². The molecule has 2 rings (SSSR count). The number of nitrogens with zero attached hydrogens (tertiary/aromatic N) is 4. The number of allylic oxidation sites excluding steroid dienone is 2. The monoisotopic (exact) mass is 378 g/mol. The van der Waals surface area contributed by atoms with E-state index in [4.69, 9.17) is 10.5 Å². The topological polar surface area (TPSA) is 151 Å². The minimum atomic E-state index is -0.502. The van der Waals surface area contributed by atoms with E-state index in [1.807, 2.05) is 0 Å². The Morgan fingerprint density at radius 3 is 1.43 bits per heavy atom. The first kappa shape index (κ1) is 21.7. The molecular weight excluding hydrogens is 364 g/mol. The van der Waals surface area contributed by atoms with Gasteiger partial charge in [0.15, 0.2) is 5.78 Å². The maximum absolute atomic E-state index is 10.8. The summed E-state index contributed by atoms with van der Waals surface area (Å²) in [5.74, 6) is -0.0927. The molecule has 0 saturated carbocycles. The van der Waals surface area contributed by atoms with Crippen molar-refractivity contribution in [2.45, 2.75) is 13.8 Å². The zero-order valence-electron chi connectivity index (χ0n) is 14.9. The van der Waals surface area contributed by atoms with E-state index in [1.54, 1.807) is 19.1 Å². The van der Waals surface area contributed by atoms with Crippen LogP contribution in [0.4, 0.5) is 11.4 Å². The van der Waals surface area contributed by atoms with Crippen LogP contribution in [-0.4, -0.2) is 15.6 Å². The molecule has 0 amide bonds. The summed E-state index contributed by atoms with van der Waals surface area (Å²) >= 11 is 0. The molecule has 0 fully saturated rings. The van der Waals surface area contributed by atoms with Gasteiger partial charge < -0.3 is 0 Å². The van der Waals surface area contributed by atoms with E-state index in [2.05, 4.69) is 0 Å². The van der Waals surface area contributed by atoms with E-state index >= 15 is 0 Å². The van der Waals surface area contributed by atoms with Gasteiger partial charge in [0.1, 0.15) is 17.7 Å². The van der Waals surface area contributed by atoms with Crippen LogP contribution < -0.4 is 0 Å². The van der Waals surface area contributed by atoms with Crippen LogP contribution in [0, 0.1) is 42.9 Å². The molecule has 0 heterocycles. The summed E-state index contributed by atoms with van der Waals surface area (Å²) in [5, 5.41) is 37.9. The van der Waals surface area contributed by atoms with Crippen LogP contribution in [-0.2, 0) is 0 Å². The highest BCUT2D eigenvalue weighted by atomic mass is 16.6. The molecule has 2 aromatic rings. The Bertz CT molecular complexity index is 961. The molecule has 28 heavy (non-hydrogen) atoms. The van der Waals surface area contributed by atoms with Crippen LogP contribution >= 0.6 is 0 Å². The molecule has 0 aliphatic carbocycles. The molecule has 0 unspecified atom stereocenters. The first-order valence-corrected chi connectivity index (χ1v) is 7.72. The number of benzene rings is 2. The smallest absolute Gasteiger partial charge is 0.269 e. The molecule has 0 spiro atoms. The van der Waals surface area contributed by atoms with E-state index in [0.717, 1.165) is 0 Å². The summed E-state index contributed by atoms with van der Waals surface area (Å²) in [6.45, 7) is 3.05. The van der Waals surface area contributed by atoms with Crippen molar-refractivity contribution in [2.75, 3.05) is 0 Å².